The summed E-state index contributed by atoms with van der Waals surface area (Å²) in [4.78, 5) is 9.43. The Morgan fingerprint density at radius 2 is 0.846 bits per heavy atom. The highest BCUT2D eigenvalue weighted by atomic mass is 32.2. The molecule has 2 heterocycles. The van der Waals surface area contributed by atoms with Gasteiger partial charge in [-0.2, -0.15) is 0 Å². The highest BCUT2D eigenvalue weighted by Crippen LogP contribution is 2.24. The lowest BCUT2D eigenvalue weighted by Crippen LogP contribution is -2.11. The Kier molecular flexibility index (Phi) is 12.7. The van der Waals surface area contributed by atoms with Gasteiger partial charge in [-0.3, -0.25) is 0 Å². The number of hydrogen-bond acceptors (Lipinski definition) is 6. The second kappa shape index (κ2) is 16.4. The molecule has 2 aromatic carbocycles. The number of thiazole rings is 2. The van der Waals surface area contributed by atoms with Crippen molar-refractivity contribution in [3.05, 3.63) is 58.5 Å². The van der Waals surface area contributed by atoms with Crippen LogP contribution in [0.4, 0.5) is 0 Å². The third-order valence-corrected chi connectivity index (χ3v) is 11.4. The van der Waals surface area contributed by atoms with Crippen molar-refractivity contribution < 1.29 is 8.42 Å². The van der Waals surface area contributed by atoms with Crippen molar-refractivity contribution in [3.63, 3.8) is 0 Å². The Bertz CT molecular complexity index is 1200. The average molecular weight is 585 g/mol. The molecule has 39 heavy (non-hydrogen) atoms. The summed E-state index contributed by atoms with van der Waals surface area (Å²) < 4.78 is 27.3. The fourth-order valence-corrected chi connectivity index (χ4v) is 8.63. The minimum Gasteiger partial charge on any atom is -0.241 e. The quantitative estimate of drug-likeness (QED) is 0.0971. The monoisotopic (exact) mass is 584 g/mol. The van der Waals surface area contributed by atoms with E-state index in [-0.39, 0.29) is 0 Å². The van der Waals surface area contributed by atoms with Crippen LogP contribution < -0.4 is 0 Å². The first-order chi connectivity index (χ1) is 19.1. The summed E-state index contributed by atoms with van der Waals surface area (Å²) in [7, 11) is -2.88. The van der Waals surface area contributed by atoms with E-state index in [0.29, 0.717) is 11.5 Å². The lowest BCUT2D eigenvalue weighted by molar-refractivity contribution is 0.565. The molecule has 0 aliphatic heterocycles. The minimum atomic E-state index is -2.88. The fraction of sp³-hybridized carbons (Fsp3) is 0.562. The van der Waals surface area contributed by atoms with E-state index in [0.717, 1.165) is 62.4 Å². The number of unbranched alkanes of at least 4 members (excludes halogenated alkanes) is 12. The van der Waals surface area contributed by atoms with E-state index in [1.807, 2.05) is 34.8 Å². The standard InChI is InChI=1S/C32H44N2O2S3/c35-39(36,25-17-9-5-1-3-7-11-23-31-33-27-19-13-15-21-29(27)37-31)26-18-10-6-2-4-8-12-24-32-34-28-20-14-16-22-30(28)38-32/h13-16,19-22H,1-12,17-18,23-26H2. The molecule has 0 saturated carbocycles. The molecule has 0 amide bonds. The van der Waals surface area contributed by atoms with E-state index in [1.165, 1.54) is 70.8 Å². The van der Waals surface area contributed by atoms with Crippen LogP contribution in [-0.2, 0) is 22.7 Å². The van der Waals surface area contributed by atoms with Crippen LogP contribution >= 0.6 is 22.7 Å². The molecule has 212 valence electrons. The summed E-state index contributed by atoms with van der Waals surface area (Å²) in [6.45, 7) is 0. The molecule has 0 unspecified atom stereocenters. The van der Waals surface area contributed by atoms with Gasteiger partial charge in [-0.05, 0) is 62.8 Å². The highest BCUT2D eigenvalue weighted by Gasteiger charge is 2.10. The molecule has 0 radical (unpaired) electrons. The van der Waals surface area contributed by atoms with Crippen molar-refractivity contribution in [1.82, 2.24) is 9.97 Å². The number of sulfone groups is 1. The number of aryl methyl sites for hydroxylation is 2. The molecule has 0 aliphatic carbocycles. The summed E-state index contributed by atoms with van der Waals surface area (Å²) >= 11 is 3.63. The van der Waals surface area contributed by atoms with Crippen molar-refractivity contribution in [2.24, 2.45) is 0 Å². The SMILES string of the molecule is O=S(=O)(CCCCCCCCCc1nc2ccccc2s1)CCCCCCCCCc1nc2ccccc2s1. The summed E-state index contributed by atoms with van der Waals surface area (Å²) in [5.74, 6) is 0.743. The number of fused-ring (bicyclic) bond motifs is 2. The maximum absolute atomic E-state index is 12.4. The van der Waals surface area contributed by atoms with Gasteiger partial charge in [0.15, 0.2) is 0 Å². The predicted molar refractivity (Wildman–Crippen MR) is 170 cm³/mol. The van der Waals surface area contributed by atoms with E-state index in [2.05, 4.69) is 36.4 Å². The molecule has 0 fully saturated rings. The van der Waals surface area contributed by atoms with Crippen molar-refractivity contribution in [1.29, 1.82) is 0 Å². The van der Waals surface area contributed by atoms with Gasteiger partial charge >= 0.3 is 0 Å². The van der Waals surface area contributed by atoms with Crippen molar-refractivity contribution in [2.45, 2.75) is 103 Å². The van der Waals surface area contributed by atoms with Crippen LogP contribution in [0.5, 0.6) is 0 Å². The Morgan fingerprint density at radius 3 is 1.26 bits per heavy atom. The third-order valence-electron chi connectivity index (χ3n) is 7.37. The first-order valence-corrected chi connectivity index (χ1v) is 18.4. The summed E-state index contributed by atoms with van der Waals surface area (Å²) in [6.07, 6.45) is 17.9. The van der Waals surface area contributed by atoms with Crippen LogP contribution in [-0.4, -0.2) is 29.9 Å². The zero-order chi connectivity index (χ0) is 27.2. The Balaban J connectivity index is 0.919. The molecule has 0 aliphatic rings. The van der Waals surface area contributed by atoms with E-state index >= 15 is 0 Å². The maximum Gasteiger partial charge on any atom is 0.150 e. The molecular formula is C32H44N2O2S3. The zero-order valence-electron chi connectivity index (χ0n) is 23.3. The smallest absolute Gasteiger partial charge is 0.150 e. The largest absolute Gasteiger partial charge is 0.241 e. The van der Waals surface area contributed by atoms with Gasteiger partial charge in [0.05, 0.1) is 42.0 Å². The third kappa shape index (κ3) is 10.9. The maximum atomic E-state index is 12.4. The van der Waals surface area contributed by atoms with Gasteiger partial charge in [0, 0.05) is 0 Å². The molecule has 0 saturated heterocycles. The zero-order valence-corrected chi connectivity index (χ0v) is 25.7. The molecule has 4 rings (SSSR count). The second-order valence-corrected chi connectivity index (χ2v) is 15.3. The van der Waals surface area contributed by atoms with Crippen LogP contribution in [0.15, 0.2) is 48.5 Å². The van der Waals surface area contributed by atoms with Gasteiger partial charge < -0.3 is 0 Å². The molecule has 7 heteroatoms. The van der Waals surface area contributed by atoms with Gasteiger partial charge in [-0.15, -0.1) is 22.7 Å². The molecular weight excluding hydrogens is 541 g/mol. The van der Waals surface area contributed by atoms with E-state index in [1.54, 1.807) is 0 Å². The number of benzene rings is 2. The fourth-order valence-electron chi connectivity index (χ4n) is 5.12. The van der Waals surface area contributed by atoms with E-state index in [9.17, 15) is 8.42 Å². The number of aromatic nitrogens is 2. The van der Waals surface area contributed by atoms with Crippen molar-refractivity contribution in [2.75, 3.05) is 11.5 Å². The molecule has 4 nitrogen and oxygen atoms in total. The van der Waals surface area contributed by atoms with Gasteiger partial charge in [0.1, 0.15) is 9.84 Å². The predicted octanol–water partition coefficient (Wildman–Crippen LogP) is 9.57. The van der Waals surface area contributed by atoms with Gasteiger partial charge in [0.2, 0.25) is 0 Å². The Hall–Kier alpha value is -1.83. The normalized spacial score (nSPS) is 12.1. The first-order valence-electron chi connectivity index (χ1n) is 15.0. The summed E-state index contributed by atoms with van der Waals surface area (Å²) in [5.41, 5.74) is 2.24. The van der Waals surface area contributed by atoms with E-state index in [4.69, 9.17) is 9.97 Å². The Labute approximate surface area is 243 Å². The molecule has 4 aromatic rings. The van der Waals surface area contributed by atoms with Gasteiger partial charge in [0.25, 0.3) is 0 Å². The molecule has 0 bridgehead atoms. The van der Waals surface area contributed by atoms with Crippen molar-refractivity contribution in [3.8, 4) is 0 Å². The second-order valence-electron chi connectivity index (χ2n) is 10.8. The molecule has 0 N–H and O–H groups in total. The van der Waals surface area contributed by atoms with Gasteiger partial charge in [-0.25, -0.2) is 18.4 Å². The van der Waals surface area contributed by atoms with Crippen LogP contribution in [0.3, 0.4) is 0 Å². The molecule has 2 aromatic heterocycles. The topological polar surface area (TPSA) is 59.9 Å². The molecule has 0 atom stereocenters. The number of para-hydroxylation sites is 2. The first kappa shape index (κ1) is 30.1. The van der Waals surface area contributed by atoms with Gasteiger partial charge in [-0.1, -0.05) is 88.5 Å². The average Bonchev–Trinajstić information content (AvgIpc) is 3.54. The van der Waals surface area contributed by atoms with Crippen molar-refractivity contribution >= 4 is 52.9 Å². The number of rotatable bonds is 20. The van der Waals surface area contributed by atoms with Crippen LogP contribution in [0.2, 0.25) is 0 Å². The number of nitrogens with zero attached hydrogens (tertiary/aromatic N) is 2. The number of hydrogen-bond donors (Lipinski definition) is 0. The summed E-state index contributed by atoms with van der Waals surface area (Å²) in [6, 6.07) is 16.7. The van der Waals surface area contributed by atoms with E-state index < -0.39 is 9.84 Å². The summed E-state index contributed by atoms with van der Waals surface area (Å²) in [5, 5.41) is 2.50. The molecule has 0 spiro atoms. The van der Waals surface area contributed by atoms with Crippen LogP contribution in [0, 0.1) is 0 Å². The lowest BCUT2D eigenvalue weighted by Gasteiger charge is -2.05. The Morgan fingerprint density at radius 1 is 0.487 bits per heavy atom. The highest BCUT2D eigenvalue weighted by molar-refractivity contribution is 7.91. The lowest BCUT2D eigenvalue weighted by atomic mass is 10.1. The van der Waals surface area contributed by atoms with Crippen LogP contribution in [0.1, 0.15) is 99.9 Å². The van der Waals surface area contributed by atoms with Crippen LogP contribution in [0.25, 0.3) is 20.4 Å². The minimum absolute atomic E-state index is 0.371.